The smallest absolute Gasteiger partial charge is 0.226 e. The Kier molecular flexibility index (Phi) is 4.16. The highest BCUT2D eigenvalue weighted by Gasteiger charge is 2.44. The molecule has 2 aliphatic rings. The number of aromatic nitrogens is 3. The third kappa shape index (κ3) is 2.90. The Bertz CT molecular complexity index is 1110. The van der Waals surface area contributed by atoms with Crippen LogP contribution < -0.4 is 10.1 Å². The molecule has 5 rings (SSSR count). The number of hydrogen-bond donors (Lipinski definition) is 1. The third-order valence-corrected chi connectivity index (χ3v) is 5.65. The molecule has 0 bridgehead atoms. The van der Waals surface area contributed by atoms with E-state index in [1.165, 1.54) is 18.5 Å². The van der Waals surface area contributed by atoms with Gasteiger partial charge < -0.3 is 10.1 Å². The number of hydrogen-bond acceptors (Lipinski definition) is 5. The van der Waals surface area contributed by atoms with E-state index in [1.54, 1.807) is 23.9 Å². The maximum absolute atomic E-state index is 13.3. The molecule has 0 spiro atoms. The number of Topliss-reactive ketones (excluding diaryl/α,β-unsaturated/α-hetero) is 1. The molecule has 0 fully saturated rings. The number of para-hydroxylation sites is 1. The fourth-order valence-electron chi connectivity index (χ4n) is 4.32. The highest BCUT2D eigenvalue weighted by molar-refractivity contribution is 5.89. The summed E-state index contributed by atoms with van der Waals surface area (Å²) in [5.74, 6) is 0.555. The van der Waals surface area contributed by atoms with Crippen LogP contribution in [0.25, 0.3) is 0 Å². The van der Waals surface area contributed by atoms with Gasteiger partial charge in [-0.3, -0.25) is 4.79 Å². The van der Waals surface area contributed by atoms with Crippen molar-refractivity contribution in [1.82, 2.24) is 14.8 Å². The van der Waals surface area contributed by atoms with Crippen molar-refractivity contribution in [3.05, 3.63) is 83.6 Å². The fourth-order valence-corrected chi connectivity index (χ4v) is 4.32. The van der Waals surface area contributed by atoms with E-state index in [2.05, 4.69) is 21.5 Å². The van der Waals surface area contributed by atoms with Crippen molar-refractivity contribution in [3.63, 3.8) is 0 Å². The number of methoxy groups -OCH3 is 1. The van der Waals surface area contributed by atoms with Crippen LogP contribution >= 0.6 is 0 Å². The number of allylic oxidation sites excluding steroid dienone is 2. The molecule has 1 aromatic heterocycles. The average molecular weight is 390 g/mol. The van der Waals surface area contributed by atoms with Gasteiger partial charge in [-0.25, -0.2) is 9.07 Å². The number of anilines is 1. The molecular formula is C22H19FN4O2. The van der Waals surface area contributed by atoms with Crippen molar-refractivity contribution in [2.24, 2.45) is 5.92 Å². The second kappa shape index (κ2) is 6.84. The van der Waals surface area contributed by atoms with E-state index in [1.807, 2.05) is 24.3 Å². The van der Waals surface area contributed by atoms with Gasteiger partial charge >= 0.3 is 0 Å². The summed E-state index contributed by atoms with van der Waals surface area (Å²) in [6.45, 7) is 0. The molecule has 0 saturated heterocycles. The van der Waals surface area contributed by atoms with Gasteiger partial charge in [0, 0.05) is 23.6 Å². The molecule has 146 valence electrons. The summed E-state index contributed by atoms with van der Waals surface area (Å²) in [5, 5.41) is 7.64. The first-order chi connectivity index (χ1) is 14.2. The number of halogens is 1. The Morgan fingerprint density at radius 2 is 1.97 bits per heavy atom. The molecule has 3 atom stereocenters. The van der Waals surface area contributed by atoms with Crippen molar-refractivity contribution in [1.29, 1.82) is 0 Å². The predicted octanol–water partition coefficient (Wildman–Crippen LogP) is 3.70. The Morgan fingerprint density at radius 3 is 2.76 bits per heavy atom. The lowest BCUT2D eigenvalue weighted by Gasteiger charge is -2.38. The Labute approximate surface area is 167 Å². The molecule has 2 heterocycles. The van der Waals surface area contributed by atoms with Crippen LogP contribution in [0, 0.1) is 11.7 Å². The van der Waals surface area contributed by atoms with E-state index in [0.717, 1.165) is 16.8 Å². The molecule has 0 saturated carbocycles. The highest BCUT2D eigenvalue weighted by atomic mass is 19.1. The van der Waals surface area contributed by atoms with E-state index in [-0.39, 0.29) is 23.6 Å². The van der Waals surface area contributed by atoms with E-state index in [9.17, 15) is 9.18 Å². The summed E-state index contributed by atoms with van der Waals surface area (Å²) in [7, 11) is 1.62. The van der Waals surface area contributed by atoms with Gasteiger partial charge in [0.05, 0.1) is 19.1 Å². The van der Waals surface area contributed by atoms with Crippen molar-refractivity contribution >= 4 is 11.7 Å². The molecule has 2 aromatic carbocycles. The maximum atomic E-state index is 13.3. The SMILES string of the molecule is COc1ccccc1[C@@H]1[C@H]2C(=O)C[C@@H](c3ccc(F)cc3)C=C2Nc2ncnn21. The van der Waals surface area contributed by atoms with E-state index < -0.39 is 5.92 Å². The normalized spacial score (nSPS) is 22.9. The van der Waals surface area contributed by atoms with Gasteiger partial charge in [0.1, 0.15) is 23.7 Å². The number of fused-ring (bicyclic) bond motifs is 2. The summed E-state index contributed by atoms with van der Waals surface area (Å²) in [4.78, 5) is 17.6. The van der Waals surface area contributed by atoms with Crippen LogP contribution in [0.15, 0.2) is 66.6 Å². The Morgan fingerprint density at radius 1 is 1.17 bits per heavy atom. The number of carbonyl (C=O) groups excluding carboxylic acids is 1. The van der Waals surface area contributed by atoms with Crippen LogP contribution in [0.3, 0.4) is 0 Å². The molecule has 0 amide bonds. The van der Waals surface area contributed by atoms with Crippen molar-refractivity contribution < 1.29 is 13.9 Å². The zero-order valence-corrected chi connectivity index (χ0v) is 15.7. The molecule has 29 heavy (non-hydrogen) atoms. The minimum absolute atomic E-state index is 0.0985. The summed E-state index contributed by atoms with van der Waals surface area (Å²) in [6.07, 6.45) is 3.88. The molecule has 7 heteroatoms. The van der Waals surface area contributed by atoms with Crippen LogP contribution in [-0.4, -0.2) is 27.7 Å². The zero-order valence-electron chi connectivity index (χ0n) is 15.7. The average Bonchev–Trinajstić information content (AvgIpc) is 3.21. The molecule has 1 N–H and O–H groups in total. The van der Waals surface area contributed by atoms with Crippen molar-refractivity contribution in [2.75, 3.05) is 12.4 Å². The van der Waals surface area contributed by atoms with Crippen LogP contribution in [-0.2, 0) is 4.79 Å². The number of rotatable bonds is 3. The first kappa shape index (κ1) is 17.6. The number of ether oxygens (including phenoxy) is 1. The monoisotopic (exact) mass is 390 g/mol. The number of ketones is 1. The van der Waals surface area contributed by atoms with Crippen LogP contribution in [0.2, 0.25) is 0 Å². The highest BCUT2D eigenvalue weighted by Crippen LogP contribution is 2.45. The quantitative estimate of drug-likeness (QED) is 0.739. The molecule has 6 nitrogen and oxygen atoms in total. The first-order valence-corrected chi connectivity index (χ1v) is 9.45. The van der Waals surface area contributed by atoms with Crippen molar-refractivity contribution in [2.45, 2.75) is 18.4 Å². The Hall–Kier alpha value is -3.48. The van der Waals surface area contributed by atoms with E-state index in [4.69, 9.17) is 4.74 Å². The van der Waals surface area contributed by atoms with Crippen LogP contribution in [0.5, 0.6) is 5.75 Å². The molecular weight excluding hydrogens is 371 g/mol. The minimum atomic E-state index is -0.419. The molecule has 0 unspecified atom stereocenters. The second-order valence-corrected chi connectivity index (χ2v) is 7.27. The summed E-state index contributed by atoms with van der Waals surface area (Å²) in [6, 6.07) is 13.6. The topological polar surface area (TPSA) is 69.0 Å². The number of carbonyl (C=O) groups is 1. The van der Waals surface area contributed by atoms with E-state index in [0.29, 0.717) is 18.1 Å². The molecule has 1 aliphatic carbocycles. The number of benzene rings is 2. The Balaban J connectivity index is 1.62. The largest absolute Gasteiger partial charge is 0.496 e. The maximum Gasteiger partial charge on any atom is 0.226 e. The van der Waals surface area contributed by atoms with Crippen LogP contribution in [0.1, 0.15) is 29.5 Å². The number of nitrogens with zero attached hydrogens (tertiary/aromatic N) is 3. The molecule has 0 radical (unpaired) electrons. The lowest BCUT2D eigenvalue weighted by Crippen LogP contribution is -2.40. The van der Waals surface area contributed by atoms with Gasteiger partial charge in [-0.05, 0) is 23.8 Å². The summed E-state index contributed by atoms with van der Waals surface area (Å²) >= 11 is 0. The third-order valence-electron chi connectivity index (χ3n) is 5.65. The first-order valence-electron chi connectivity index (χ1n) is 9.45. The molecule has 3 aromatic rings. The predicted molar refractivity (Wildman–Crippen MR) is 105 cm³/mol. The van der Waals surface area contributed by atoms with Gasteiger partial charge in [0.25, 0.3) is 0 Å². The molecule has 1 aliphatic heterocycles. The van der Waals surface area contributed by atoms with Gasteiger partial charge in [-0.1, -0.05) is 36.4 Å². The van der Waals surface area contributed by atoms with E-state index >= 15 is 0 Å². The summed E-state index contributed by atoms with van der Waals surface area (Å²) in [5.41, 5.74) is 2.59. The van der Waals surface area contributed by atoms with Crippen LogP contribution in [0.4, 0.5) is 10.3 Å². The van der Waals surface area contributed by atoms with Gasteiger partial charge in [0.15, 0.2) is 0 Å². The van der Waals surface area contributed by atoms with Crippen molar-refractivity contribution in [3.8, 4) is 5.75 Å². The second-order valence-electron chi connectivity index (χ2n) is 7.27. The zero-order chi connectivity index (χ0) is 20.0. The number of nitrogens with one attached hydrogen (secondary N) is 1. The van der Waals surface area contributed by atoms with Gasteiger partial charge in [-0.2, -0.15) is 10.1 Å². The lowest BCUT2D eigenvalue weighted by atomic mass is 9.75. The minimum Gasteiger partial charge on any atom is -0.496 e. The standard InChI is InChI=1S/C22H19FN4O2/c1-29-19-5-3-2-4-16(19)21-20-17(26-22-24-12-25-27(21)22)10-14(11-18(20)28)13-6-8-15(23)9-7-13/h2-10,12,14,20-21H,11H2,1H3,(H,24,25,26)/t14-,20+,21+/m0/s1. The van der Waals surface area contributed by atoms with Gasteiger partial charge in [-0.15, -0.1) is 0 Å². The summed E-state index contributed by atoms with van der Waals surface area (Å²) < 4.78 is 20.6. The lowest BCUT2D eigenvalue weighted by molar-refractivity contribution is -0.123. The fraction of sp³-hybridized carbons (Fsp3) is 0.227. The van der Waals surface area contributed by atoms with Gasteiger partial charge in [0.2, 0.25) is 5.95 Å².